The molecule has 0 saturated carbocycles. The fourth-order valence-electron chi connectivity index (χ4n) is 3.58. The molecule has 0 aliphatic carbocycles. The highest BCUT2D eigenvalue weighted by Gasteiger charge is 2.54. The lowest BCUT2D eigenvalue weighted by molar-refractivity contribution is -0.157. The molecule has 0 bridgehead atoms. The van der Waals surface area contributed by atoms with Gasteiger partial charge in [0.2, 0.25) is 0 Å². The van der Waals surface area contributed by atoms with Gasteiger partial charge in [-0.25, -0.2) is 0 Å². The van der Waals surface area contributed by atoms with Crippen molar-refractivity contribution in [1.29, 1.82) is 0 Å². The van der Waals surface area contributed by atoms with E-state index in [-0.39, 0.29) is 25.0 Å². The largest absolute Gasteiger partial charge is 0.483 e. The van der Waals surface area contributed by atoms with Crippen LogP contribution in [0.25, 0.3) is 0 Å². The van der Waals surface area contributed by atoms with Crippen molar-refractivity contribution in [3.8, 4) is 5.75 Å². The molecular formula is C18H23NO5. The molecule has 1 N–H and O–H groups in total. The van der Waals surface area contributed by atoms with E-state index in [1.165, 1.54) is 0 Å². The zero-order chi connectivity index (χ0) is 17.3. The first-order chi connectivity index (χ1) is 11.4. The Morgan fingerprint density at radius 2 is 2.21 bits per heavy atom. The topological polar surface area (TPSA) is 76.1 Å². The summed E-state index contributed by atoms with van der Waals surface area (Å²) in [7, 11) is 0. The summed E-state index contributed by atoms with van der Waals surface area (Å²) in [4.78, 5) is 25.9. The fraction of sp³-hybridized carbons (Fsp3) is 0.556. The lowest BCUT2D eigenvalue weighted by atomic mass is 9.74. The van der Waals surface area contributed by atoms with Crippen molar-refractivity contribution >= 4 is 11.9 Å². The molecule has 2 aliphatic rings. The second-order valence-electron chi connectivity index (χ2n) is 6.82. The molecule has 6 heteroatoms. The normalized spacial score (nSPS) is 26.1. The molecule has 2 heterocycles. The maximum Gasteiger partial charge on any atom is 0.311 e. The molecule has 0 aromatic heterocycles. The molecule has 0 unspecified atom stereocenters. The van der Waals surface area contributed by atoms with Crippen molar-refractivity contribution < 1.29 is 24.2 Å². The molecule has 0 spiro atoms. The second kappa shape index (κ2) is 6.43. The number of aliphatic carboxylic acids is 1. The van der Waals surface area contributed by atoms with E-state index < -0.39 is 11.4 Å². The number of nitrogens with zero attached hydrogens (tertiary/aromatic N) is 1. The smallest absolute Gasteiger partial charge is 0.311 e. The van der Waals surface area contributed by atoms with Crippen LogP contribution in [0, 0.1) is 25.2 Å². The Labute approximate surface area is 141 Å². The van der Waals surface area contributed by atoms with Crippen molar-refractivity contribution in [3.05, 3.63) is 29.3 Å². The summed E-state index contributed by atoms with van der Waals surface area (Å²) in [5.74, 6) is -0.461. The Kier molecular flexibility index (Phi) is 4.49. The van der Waals surface area contributed by atoms with Crippen LogP contribution in [0.5, 0.6) is 5.75 Å². The molecule has 6 nitrogen and oxygen atoms in total. The summed E-state index contributed by atoms with van der Waals surface area (Å²) in [6.07, 6.45) is 0.453. The number of aryl methyl sites for hydroxylation is 2. The minimum atomic E-state index is -0.868. The molecule has 2 fully saturated rings. The van der Waals surface area contributed by atoms with Crippen LogP contribution in [0.4, 0.5) is 0 Å². The summed E-state index contributed by atoms with van der Waals surface area (Å²) < 4.78 is 11.1. The van der Waals surface area contributed by atoms with Crippen LogP contribution in [0.15, 0.2) is 18.2 Å². The quantitative estimate of drug-likeness (QED) is 0.906. The van der Waals surface area contributed by atoms with E-state index in [9.17, 15) is 14.7 Å². The number of hydrogen-bond donors (Lipinski definition) is 1. The highest BCUT2D eigenvalue weighted by Crippen LogP contribution is 2.42. The van der Waals surface area contributed by atoms with E-state index in [2.05, 4.69) is 0 Å². The number of ether oxygens (including phenoxy) is 2. The minimum Gasteiger partial charge on any atom is -0.483 e. The Morgan fingerprint density at radius 3 is 2.92 bits per heavy atom. The average molecular weight is 333 g/mol. The van der Waals surface area contributed by atoms with Gasteiger partial charge in [-0.2, -0.15) is 0 Å². The maximum absolute atomic E-state index is 12.5. The van der Waals surface area contributed by atoms with Crippen LogP contribution in [-0.2, 0) is 14.3 Å². The summed E-state index contributed by atoms with van der Waals surface area (Å²) in [5.41, 5.74) is 1.17. The lowest BCUT2D eigenvalue weighted by Crippen LogP contribution is -2.45. The van der Waals surface area contributed by atoms with Crippen LogP contribution in [0.2, 0.25) is 0 Å². The highest BCUT2D eigenvalue weighted by molar-refractivity contribution is 5.82. The minimum absolute atomic E-state index is 0.0758. The van der Waals surface area contributed by atoms with E-state index in [0.717, 1.165) is 11.1 Å². The van der Waals surface area contributed by atoms with E-state index in [1.807, 2.05) is 32.0 Å². The molecular weight excluding hydrogens is 310 g/mol. The summed E-state index contributed by atoms with van der Waals surface area (Å²) in [6, 6.07) is 5.85. The monoisotopic (exact) mass is 333 g/mol. The second-order valence-corrected chi connectivity index (χ2v) is 6.82. The number of carbonyl (C=O) groups is 2. The highest BCUT2D eigenvalue weighted by atomic mass is 16.5. The lowest BCUT2D eigenvalue weighted by Gasteiger charge is -2.33. The number of carboxylic acids is 1. The molecule has 130 valence electrons. The van der Waals surface area contributed by atoms with Crippen LogP contribution in [0.3, 0.4) is 0 Å². The van der Waals surface area contributed by atoms with Gasteiger partial charge in [0, 0.05) is 25.6 Å². The van der Waals surface area contributed by atoms with Gasteiger partial charge in [-0.3, -0.25) is 9.59 Å². The predicted octanol–water partition coefficient (Wildman–Crippen LogP) is 1.63. The summed E-state index contributed by atoms with van der Waals surface area (Å²) in [5, 5.41) is 9.65. The molecule has 1 aromatic carbocycles. The van der Waals surface area contributed by atoms with Gasteiger partial charge < -0.3 is 19.5 Å². The third-order valence-electron chi connectivity index (χ3n) is 5.18. The molecule has 2 atom stereocenters. The number of carboxylic acid groups (broad SMARTS) is 1. The number of amides is 1. The van der Waals surface area contributed by atoms with Crippen LogP contribution >= 0.6 is 0 Å². The first-order valence-corrected chi connectivity index (χ1v) is 8.21. The average Bonchev–Trinajstić information content (AvgIpc) is 2.96. The van der Waals surface area contributed by atoms with Gasteiger partial charge in [0.05, 0.1) is 12.0 Å². The van der Waals surface area contributed by atoms with E-state index in [1.54, 1.807) is 4.90 Å². The third-order valence-corrected chi connectivity index (χ3v) is 5.18. The number of carbonyl (C=O) groups excluding carboxylic acids is 1. The Balaban J connectivity index is 1.66. The number of benzene rings is 1. The SMILES string of the molecule is Cc1ccc(C)c(OCC(=O)N2C[C@H]3COCC[C@@]3(C(=O)O)C2)c1. The van der Waals surface area contributed by atoms with Crippen LogP contribution in [-0.4, -0.2) is 54.8 Å². The molecule has 24 heavy (non-hydrogen) atoms. The first kappa shape index (κ1) is 16.8. The van der Waals surface area contributed by atoms with Gasteiger partial charge in [-0.1, -0.05) is 12.1 Å². The summed E-state index contributed by atoms with van der Waals surface area (Å²) >= 11 is 0. The van der Waals surface area contributed by atoms with Gasteiger partial charge >= 0.3 is 5.97 Å². The number of fused-ring (bicyclic) bond motifs is 1. The van der Waals surface area contributed by atoms with E-state index in [0.29, 0.717) is 31.9 Å². The van der Waals surface area contributed by atoms with Crippen molar-refractivity contribution in [2.24, 2.45) is 11.3 Å². The fourth-order valence-corrected chi connectivity index (χ4v) is 3.58. The molecule has 2 saturated heterocycles. The summed E-state index contributed by atoms with van der Waals surface area (Å²) in [6.45, 7) is 5.31. The first-order valence-electron chi connectivity index (χ1n) is 8.21. The zero-order valence-corrected chi connectivity index (χ0v) is 14.1. The molecule has 2 aliphatic heterocycles. The number of likely N-dealkylation sites (tertiary alicyclic amines) is 1. The molecule has 0 radical (unpaired) electrons. The van der Waals surface area contributed by atoms with E-state index >= 15 is 0 Å². The van der Waals surface area contributed by atoms with Crippen molar-refractivity contribution in [2.45, 2.75) is 20.3 Å². The molecule has 1 amide bonds. The third kappa shape index (κ3) is 2.98. The predicted molar refractivity (Wildman–Crippen MR) is 87.0 cm³/mol. The van der Waals surface area contributed by atoms with Gasteiger partial charge in [0.1, 0.15) is 5.75 Å². The number of rotatable bonds is 4. The Bertz CT molecular complexity index is 659. The number of hydrogen-bond acceptors (Lipinski definition) is 4. The maximum atomic E-state index is 12.5. The van der Waals surface area contributed by atoms with E-state index in [4.69, 9.17) is 9.47 Å². The van der Waals surface area contributed by atoms with Crippen LogP contribution < -0.4 is 4.74 Å². The standard InChI is InChI=1S/C18H23NO5/c1-12-3-4-13(2)15(7-12)24-10-16(20)19-8-14-9-23-6-5-18(14,11-19)17(21)22/h3-4,7,14H,5-6,8-11H2,1-2H3,(H,21,22)/t14-,18+/m0/s1. The van der Waals surface area contributed by atoms with Crippen LogP contribution in [0.1, 0.15) is 17.5 Å². The van der Waals surface area contributed by atoms with Crippen molar-refractivity contribution in [2.75, 3.05) is 32.9 Å². The van der Waals surface area contributed by atoms with Gasteiger partial charge in [0.25, 0.3) is 5.91 Å². The van der Waals surface area contributed by atoms with Gasteiger partial charge in [-0.05, 0) is 37.5 Å². The molecule has 1 aromatic rings. The Morgan fingerprint density at radius 1 is 1.42 bits per heavy atom. The van der Waals surface area contributed by atoms with Crippen molar-refractivity contribution in [3.63, 3.8) is 0 Å². The van der Waals surface area contributed by atoms with Gasteiger partial charge in [-0.15, -0.1) is 0 Å². The van der Waals surface area contributed by atoms with Gasteiger partial charge in [0.15, 0.2) is 6.61 Å². The zero-order valence-electron chi connectivity index (χ0n) is 14.1. The Hall–Kier alpha value is -2.08. The van der Waals surface area contributed by atoms with Crippen molar-refractivity contribution in [1.82, 2.24) is 4.90 Å². The molecule has 3 rings (SSSR count).